The summed E-state index contributed by atoms with van der Waals surface area (Å²) in [5.41, 5.74) is 1.10. The van der Waals surface area contributed by atoms with Crippen LogP contribution in [0.1, 0.15) is 39.0 Å². The van der Waals surface area contributed by atoms with Gasteiger partial charge in [-0.15, -0.1) is 0 Å². The smallest absolute Gasteiger partial charge is 0.235 e. The van der Waals surface area contributed by atoms with Crippen LogP contribution in [0, 0.1) is 11.8 Å². The van der Waals surface area contributed by atoms with E-state index in [1.165, 1.54) is 24.3 Å². The number of carbonyl (C=O) groups is 1. The zero-order valence-electron chi connectivity index (χ0n) is 14.8. The molecule has 6 nitrogen and oxygen atoms in total. The second kappa shape index (κ2) is 7.23. The van der Waals surface area contributed by atoms with Crippen LogP contribution in [0.2, 0.25) is 0 Å². The number of carbonyl (C=O) groups excluding carboxylic acids is 1. The van der Waals surface area contributed by atoms with Gasteiger partial charge in [-0.3, -0.25) is 9.10 Å². The molecule has 1 unspecified atom stereocenters. The van der Waals surface area contributed by atoms with Crippen molar-refractivity contribution in [3.63, 3.8) is 0 Å². The van der Waals surface area contributed by atoms with Gasteiger partial charge in [-0.25, -0.2) is 8.42 Å². The third kappa shape index (κ3) is 3.76. The molecule has 1 aromatic carbocycles. The van der Waals surface area contributed by atoms with E-state index in [1.54, 1.807) is 18.2 Å². The summed E-state index contributed by atoms with van der Waals surface area (Å²) < 4.78 is 31.0. The van der Waals surface area contributed by atoms with Gasteiger partial charge in [-0.05, 0) is 43.4 Å². The molecule has 1 aromatic rings. The van der Waals surface area contributed by atoms with Crippen molar-refractivity contribution in [1.29, 1.82) is 0 Å². The van der Waals surface area contributed by atoms with Crippen molar-refractivity contribution >= 4 is 27.3 Å². The second-order valence-electron chi connectivity index (χ2n) is 6.95. The number of methoxy groups -OCH3 is 1. The van der Waals surface area contributed by atoms with E-state index in [0.29, 0.717) is 36.0 Å². The van der Waals surface area contributed by atoms with Crippen LogP contribution in [0.4, 0.5) is 11.4 Å². The van der Waals surface area contributed by atoms with Gasteiger partial charge in [0.1, 0.15) is 5.75 Å². The minimum absolute atomic E-state index is 0.0355. The summed E-state index contributed by atoms with van der Waals surface area (Å²) in [5.74, 6) is 1.03. The third-order valence-corrected chi connectivity index (χ3v) is 7.22. The molecule has 1 N–H and O–H groups in total. The van der Waals surface area contributed by atoms with Gasteiger partial charge in [0, 0.05) is 12.5 Å². The molecule has 7 heteroatoms. The number of amides is 1. The van der Waals surface area contributed by atoms with Gasteiger partial charge in [0.2, 0.25) is 15.9 Å². The Morgan fingerprint density at radius 3 is 2.60 bits per heavy atom. The number of nitrogens with zero attached hydrogens (tertiary/aromatic N) is 1. The zero-order chi connectivity index (χ0) is 18.0. The van der Waals surface area contributed by atoms with E-state index in [0.717, 1.165) is 12.8 Å². The van der Waals surface area contributed by atoms with Crippen LogP contribution in [0.15, 0.2) is 18.2 Å². The highest BCUT2D eigenvalue weighted by Gasteiger charge is 2.30. The Labute approximate surface area is 149 Å². The largest absolute Gasteiger partial charge is 0.495 e. The Kier molecular flexibility index (Phi) is 5.22. The maximum absolute atomic E-state index is 12.6. The molecule has 1 heterocycles. The summed E-state index contributed by atoms with van der Waals surface area (Å²) in [6, 6.07) is 5.12. The lowest BCUT2D eigenvalue weighted by Crippen LogP contribution is -2.27. The maximum atomic E-state index is 12.6. The monoisotopic (exact) mass is 366 g/mol. The Morgan fingerprint density at radius 2 is 2.00 bits per heavy atom. The maximum Gasteiger partial charge on any atom is 0.235 e. The molecule has 2 aliphatic rings. The van der Waals surface area contributed by atoms with Crippen LogP contribution < -0.4 is 14.4 Å². The van der Waals surface area contributed by atoms with Gasteiger partial charge in [0.15, 0.2) is 0 Å². The second-order valence-corrected chi connectivity index (χ2v) is 8.96. The van der Waals surface area contributed by atoms with Gasteiger partial charge < -0.3 is 10.1 Å². The van der Waals surface area contributed by atoms with Crippen molar-refractivity contribution in [2.24, 2.45) is 11.8 Å². The molecule has 0 radical (unpaired) electrons. The average molecular weight is 366 g/mol. The minimum atomic E-state index is -3.25. The number of ether oxygens (including phenoxy) is 1. The van der Waals surface area contributed by atoms with Gasteiger partial charge in [-0.1, -0.05) is 19.8 Å². The highest BCUT2D eigenvalue weighted by molar-refractivity contribution is 7.93. The normalized spacial score (nSPS) is 21.3. The molecule has 138 valence electrons. The highest BCUT2D eigenvalue weighted by Crippen LogP contribution is 2.35. The lowest BCUT2D eigenvalue weighted by molar-refractivity contribution is -0.120. The van der Waals surface area contributed by atoms with Crippen LogP contribution in [0.5, 0.6) is 5.75 Å². The van der Waals surface area contributed by atoms with Crippen molar-refractivity contribution < 1.29 is 17.9 Å². The van der Waals surface area contributed by atoms with Crippen LogP contribution >= 0.6 is 0 Å². The molecular weight excluding hydrogens is 340 g/mol. The quantitative estimate of drug-likeness (QED) is 0.869. The summed E-state index contributed by atoms with van der Waals surface area (Å²) in [7, 11) is -1.72. The molecule has 25 heavy (non-hydrogen) atoms. The molecule has 1 saturated heterocycles. The number of benzene rings is 1. The summed E-state index contributed by atoms with van der Waals surface area (Å²) in [6.45, 7) is 2.44. The Balaban J connectivity index is 1.82. The molecule has 0 bridgehead atoms. The lowest BCUT2D eigenvalue weighted by Gasteiger charge is -2.21. The number of hydrogen-bond donors (Lipinski definition) is 1. The predicted molar refractivity (Wildman–Crippen MR) is 98.5 cm³/mol. The molecule has 1 saturated carbocycles. The molecule has 0 spiro atoms. The van der Waals surface area contributed by atoms with Crippen molar-refractivity contribution in [2.75, 3.05) is 29.0 Å². The first-order chi connectivity index (χ1) is 11.9. The molecule has 1 aliphatic heterocycles. The van der Waals surface area contributed by atoms with Crippen LogP contribution in [0.3, 0.4) is 0 Å². The molecule has 1 atom stereocenters. The number of hydrogen-bond acceptors (Lipinski definition) is 4. The number of sulfonamides is 1. The fraction of sp³-hybridized carbons (Fsp3) is 0.611. The predicted octanol–water partition coefficient (Wildman–Crippen LogP) is 3.00. The fourth-order valence-electron chi connectivity index (χ4n) is 3.80. The van der Waals surface area contributed by atoms with Gasteiger partial charge in [0.05, 0.1) is 24.2 Å². The van der Waals surface area contributed by atoms with E-state index >= 15 is 0 Å². The molecule has 1 aliphatic carbocycles. The Morgan fingerprint density at radius 1 is 1.28 bits per heavy atom. The van der Waals surface area contributed by atoms with E-state index in [9.17, 15) is 13.2 Å². The zero-order valence-corrected chi connectivity index (χ0v) is 15.6. The van der Waals surface area contributed by atoms with E-state index in [2.05, 4.69) is 5.32 Å². The molecular formula is C18H26N2O4S. The van der Waals surface area contributed by atoms with Gasteiger partial charge >= 0.3 is 0 Å². The van der Waals surface area contributed by atoms with Crippen molar-refractivity contribution in [2.45, 2.75) is 39.0 Å². The Bertz CT molecular complexity index is 741. The standard InChI is InChI=1S/C18H26N2O4S/c1-13(14-6-3-4-7-14)18(21)19-16-12-15(8-9-17(16)24-2)20-10-5-11-25(20,22)23/h8-9,12-14H,3-7,10-11H2,1-2H3,(H,19,21). The summed E-state index contributed by atoms with van der Waals surface area (Å²) in [6.07, 6.45) is 5.19. The summed E-state index contributed by atoms with van der Waals surface area (Å²) in [4.78, 5) is 12.6. The van der Waals surface area contributed by atoms with Crippen LogP contribution in [0.25, 0.3) is 0 Å². The topological polar surface area (TPSA) is 75.7 Å². The summed E-state index contributed by atoms with van der Waals surface area (Å²) in [5, 5.41) is 2.94. The van der Waals surface area contributed by atoms with Gasteiger partial charge in [0.25, 0.3) is 0 Å². The number of rotatable bonds is 5. The van der Waals surface area contributed by atoms with Gasteiger partial charge in [-0.2, -0.15) is 0 Å². The lowest BCUT2D eigenvalue weighted by atomic mass is 9.92. The SMILES string of the molecule is COc1ccc(N2CCCS2(=O)=O)cc1NC(=O)C(C)C1CCCC1. The first kappa shape index (κ1) is 18.0. The van der Waals surface area contributed by atoms with Crippen molar-refractivity contribution in [1.82, 2.24) is 0 Å². The van der Waals surface area contributed by atoms with E-state index in [-0.39, 0.29) is 17.6 Å². The molecule has 2 fully saturated rings. The van der Waals surface area contributed by atoms with E-state index in [1.807, 2.05) is 6.92 Å². The highest BCUT2D eigenvalue weighted by atomic mass is 32.2. The fourth-order valence-corrected chi connectivity index (χ4v) is 5.35. The molecule has 0 aromatic heterocycles. The third-order valence-electron chi connectivity index (χ3n) is 5.35. The minimum Gasteiger partial charge on any atom is -0.495 e. The number of nitrogens with one attached hydrogen (secondary N) is 1. The van der Waals surface area contributed by atoms with Crippen molar-refractivity contribution in [3.05, 3.63) is 18.2 Å². The van der Waals surface area contributed by atoms with E-state index in [4.69, 9.17) is 4.74 Å². The Hall–Kier alpha value is -1.76. The number of anilines is 2. The van der Waals surface area contributed by atoms with Crippen LogP contribution in [-0.2, 0) is 14.8 Å². The first-order valence-electron chi connectivity index (χ1n) is 8.91. The molecule has 1 amide bonds. The first-order valence-corrected chi connectivity index (χ1v) is 10.5. The summed E-state index contributed by atoms with van der Waals surface area (Å²) >= 11 is 0. The van der Waals surface area contributed by atoms with Crippen LogP contribution in [-0.4, -0.2) is 33.7 Å². The van der Waals surface area contributed by atoms with Crippen molar-refractivity contribution in [3.8, 4) is 5.75 Å². The molecule has 3 rings (SSSR count). The average Bonchev–Trinajstić information content (AvgIpc) is 3.23. The van der Waals surface area contributed by atoms with E-state index < -0.39 is 10.0 Å².